The lowest BCUT2D eigenvalue weighted by atomic mass is 9.90. The maximum atomic E-state index is 13.2. The van der Waals surface area contributed by atoms with E-state index in [9.17, 15) is 24.0 Å². The molecule has 33 heavy (non-hydrogen) atoms. The van der Waals surface area contributed by atoms with Crippen LogP contribution in [0.5, 0.6) is 0 Å². The number of benzene rings is 1. The van der Waals surface area contributed by atoms with E-state index in [0.717, 1.165) is 17.3 Å². The highest BCUT2D eigenvalue weighted by Gasteiger charge is 2.30. The maximum absolute atomic E-state index is 13.2. The Balaban J connectivity index is 2.29. The highest BCUT2D eigenvalue weighted by molar-refractivity contribution is 8.13. The summed E-state index contributed by atoms with van der Waals surface area (Å²) in [4.78, 5) is 63.1. The summed E-state index contributed by atoms with van der Waals surface area (Å²) in [5.41, 5.74) is 0.938. The van der Waals surface area contributed by atoms with Crippen molar-refractivity contribution in [3.05, 3.63) is 35.9 Å². The molecule has 0 spiro atoms. The third-order valence-corrected chi connectivity index (χ3v) is 6.71. The van der Waals surface area contributed by atoms with Crippen molar-refractivity contribution in [3.63, 3.8) is 0 Å². The third kappa shape index (κ3) is 9.50. The molecule has 180 valence electrons. The largest absolute Gasteiger partial charge is 0.355 e. The van der Waals surface area contributed by atoms with E-state index in [4.69, 9.17) is 0 Å². The molecule has 2 N–H and O–H groups in total. The number of amides is 2. The van der Waals surface area contributed by atoms with Crippen molar-refractivity contribution in [2.24, 2.45) is 17.8 Å². The van der Waals surface area contributed by atoms with Crippen molar-refractivity contribution in [2.45, 2.75) is 58.9 Å². The predicted molar refractivity (Wildman–Crippen MR) is 129 cm³/mol. The van der Waals surface area contributed by atoms with E-state index in [2.05, 4.69) is 10.6 Å². The molecule has 8 heteroatoms. The van der Waals surface area contributed by atoms with Gasteiger partial charge in [-0.05, 0) is 31.2 Å². The van der Waals surface area contributed by atoms with Crippen LogP contribution in [0.25, 0.3) is 0 Å². The second-order valence-electron chi connectivity index (χ2n) is 9.08. The molecule has 0 unspecified atom stereocenters. The Morgan fingerprint density at radius 1 is 1.09 bits per heavy atom. The molecule has 0 radical (unpaired) electrons. The molecule has 0 saturated carbocycles. The van der Waals surface area contributed by atoms with Crippen molar-refractivity contribution in [3.8, 4) is 0 Å². The van der Waals surface area contributed by atoms with Crippen molar-refractivity contribution in [2.75, 3.05) is 12.3 Å². The number of carbonyl (C=O) groups excluding carboxylic acids is 5. The summed E-state index contributed by atoms with van der Waals surface area (Å²) >= 11 is 1.01. The van der Waals surface area contributed by atoms with E-state index >= 15 is 0 Å². The Kier molecular flexibility index (Phi) is 10.8. The number of rotatable bonds is 6. The van der Waals surface area contributed by atoms with Crippen LogP contribution in [0.2, 0.25) is 0 Å². The first-order chi connectivity index (χ1) is 15.7. The minimum absolute atomic E-state index is 0.0158. The summed E-state index contributed by atoms with van der Waals surface area (Å²) in [5.74, 6) is -1.87. The maximum Gasteiger partial charge on any atom is 0.224 e. The molecule has 1 aliphatic heterocycles. The Labute approximate surface area is 199 Å². The van der Waals surface area contributed by atoms with Crippen LogP contribution in [0.1, 0.15) is 52.0 Å². The van der Waals surface area contributed by atoms with Gasteiger partial charge in [0, 0.05) is 37.5 Å². The van der Waals surface area contributed by atoms with Crippen molar-refractivity contribution >= 4 is 40.3 Å². The van der Waals surface area contributed by atoms with Gasteiger partial charge in [0.2, 0.25) is 11.8 Å². The quantitative estimate of drug-likeness (QED) is 0.656. The number of hydrogen-bond acceptors (Lipinski definition) is 6. The van der Waals surface area contributed by atoms with Crippen LogP contribution in [-0.2, 0) is 30.4 Å². The molecule has 1 saturated heterocycles. The minimum Gasteiger partial charge on any atom is -0.355 e. The summed E-state index contributed by atoms with van der Waals surface area (Å²) in [6, 6.07) is 8.80. The second kappa shape index (κ2) is 13.3. The topological polar surface area (TPSA) is 109 Å². The van der Waals surface area contributed by atoms with Crippen LogP contribution in [0.4, 0.5) is 0 Å². The molecule has 0 aliphatic carbocycles. The van der Waals surface area contributed by atoms with Crippen LogP contribution >= 0.6 is 11.8 Å². The second-order valence-corrected chi connectivity index (χ2v) is 10.1. The van der Waals surface area contributed by atoms with Gasteiger partial charge < -0.3 is 15.4 Å². The number of Topliss-reactive ketones (excluding diaryl/α,β-unsaturated/α-hetero) is 2. The first-order valence-corrected chi connectivity index (χ1v) is 12.4. The Bertz CT molecular complexity index is 856. The lowest BCUT2D eigenvalue weighted by molar-refractivity contribution is -0.130. The number of thioether (sulfide) groups is 1. The molecule has 3 atom stereocenters. The van der Waals surface area contributed by atoms with Gasteiger partial charge in [0.1, 0.15) is 5.78 Å². The van der Waals surface area contributed by atoms with Crippen molar-refractivity contribution in [1.82, 2.24) is 10.6 Å². The number of carbonyl (C=O) groups is 5. The molecule has 0 bridgehead atoms. The van der Waals surface area contributed by atoms with Crippen molar-refractivity contribution < 1.29 is 24.0 Å². The van der Waals surface area contributed by atoms with Gasteiger partial charge >= 0.3 is 0 Å². The standard InChI is InChI=1S/C25H34N2O5S/c1-16(2)11-21-22(29)14-19(13-18-7-5-4-6-8-18)25(32)33-15-20(12-17(3)28)24(31)26-10-9-23(30)27-21/h4-8,16,19-21H,9-15H2,1-3H3,(H,26,31)(H,27,30)/t19-,20+,21+/m1/s1. The fourth-order valence-corrected chi connectivity index (χ4v) is 4.89. The molecule has 2 rings (SSSR count). The van der Waals surface area contributed by atoms with Gasteiger partial charge in [-0.25, -0.2) is 0 Å². The smallest absolute Gasteiger partial charge is 0.224 e. The van der Waals surface area contributed by atoms with Crippen LogP contribution in [0.15, 0.2) is 30.3 Å². The summed E-state index contributed by atoms with van der Waals surface area (Å²) in [5, 5.41) is 5.31. The molecule has 2 amide bonds. The van der Waals surface area contributed by atoms with Crippen LogP contribution in [0, 0.1) is 17.8 Å². The zero-order valence-corrected chi connectivity index (χ0v) is 20.4. The molecule has 0 aromatic heterocycles. The fraction of sp³-hybridized carbons (Fsp3) is 0.560. The van der Waals surface area contributed by atoms with E-state index in [-0.39, 0.29) is 66.0 Å². The average molecular weight is 475 g/mol. The van der Waals surface area contributed by atoms with Crippen LogP contribution < -0.4 is 10.6 Å². The first-order valence-electron chi connectivity index (χ1n) is 11.5. The zero-order valence-electron chi connectivity index (χ0n) is 19.6. The number of hydrogen-bond donors (Lipinski definition) is 2. The number of nitrogens with one attached hydrogen (secondary N) is 2. The number of ketones is 2. The summed E-state index contributed by atoms with van der Waals surface area (Å²) < 4.78 is 0. The van der Waals surface area contributed by atoms with Gasteiger partial charge in [-0.2, -0.15) is 0 Å². The fourth-order valence-electron chi connectivity index (χ4n) is 3.85. The van der Waals surface area contributed by atoms with Gasteiger partial charge in [-0.3, -0.25) is 19.2 Å². The van der Waals surface area contributed by atoms with E-state index < -0.39 is 17.9 Å². The molecular weight excluding hydrogens is 440 g/mol. The highest BCUT2D eigenvalue weighted by Crippen LogP contribution is 2.25. The van der Waals surface area contributed by atoms with E-state index in [1.165, 1.54) is 6.92 Å². The third-order valence-electron chi connectivity index (χ3n) is 5.52. The molecule has 1 aromatic carbocycles. The average Bonchev–Trinajstić information content (AvgIpc) is 2.74. The van der Waals surface area contributed by atoms with Crippen LogP contribution in [0.3, 0.4) is 0 Å². The first kappa shape index (κ1) is 26.8. The molecule has 1 aromatic rings. The molecule has 1 heterocycles. The highest BCUT2D eigenvalue weighted by atomic mass is 32.2. The van der Waals surface area contributed by atoms with Crippen molar-refractivity contribution in [1.29, 1.82) is 0 Å². The van der Waals surface area contributed by atoms with E-state index in [1.807, 2.05) is 44.2 Å². The molecule has 7 nitrogen and oxygen atoms in total. The lowest BCUT2D eigenvalue weighted by Gasteiger charge is -2.24. The van der Waals surface area contributed by atoms with Gasteiger partial charge in [0.05, 0.1) is 12.0 Å². The lowest BCUT2D eigenvalue weighted by Crippen LogP contribution is -2.44. The minimum atomic E-state index is -0.669. The SMILES string of the molecule is CC(=O)C[C@H]1CSC(=O)[C@H](Cc2ccccc2)CC(=O)[C@H](CC(C)C)NC(=O)CCNC1=O. The summed E-state index contributed by atoms with van der Waals surface area (Å²) in [6.07, 6.45) is 0.959. The van der Waals surface area contributed by atoms with E-state index in [1.54, 1.807) is 0 Å². The van der Waals surface area contributed by atoms with E-state index in [0.29, 0.717) is 12.8 Å². The van der Waals surface area contributed by atoms with Gasteiger partial charge in [0.15, 0.2) is 10.9 Å². The van der Waals surface area contributed by atoms with Crippen LogP contribution in [-0.4, -0.2) is 46.8 Å². The predicted octanol–water partition coefficient (Wildman–Crippen LogP) is 2.71. The Morgan fingerprint density at radius 3 is 2.42 bits per heavy atom. The molecule has 1 aliphatic rings. The summed E-state index contributed by atoms with van der Waals surface area (Å²) in [7, 11) is 0. The van der Waals surface area contributed by atoms with Gasteiger partial charge in [0.25, 0.3) is 0 Å². The van der Waals surface area contributed by atoms with Gasteiger partial charge in [-0.15, -0.1) is 0 Å². The Hall–Kier alpha value is -2.48. The normalized spacial score (nSPS) is 23.6. The Morgan fingerprint density at radius 2 is 1.79 bits per heavy atom. The monoisotopic (exact) mass is 474 g/mol. The zero-order chi connectivity index (χ0) is 24.4. The molecular formula is C25H34N2O5S. The summed E-state index contributed by atoms with van der Waals surface area (Å²) in [6.45, 7) is 5.46. The van der Waals surface area contributed by atoms with Gasteiger partial charge in [-0.1, -0.05) is 55.9 Å². The molecule has 1 fully saturated rings.